The normalized spacial score (nSPS) is 16.5. The maximum absolute atomic E-state index is 13.1. The largest absolute Gasteiger partial charge is 0.466 e. The highest BCUT2D eigenvalue weighted by molar-refractivity contribution is 6.08. The Morgan fingerprint density at radius 2 is 1.74 bits per heavy atom. The number of amides is 3. The number of benzene rings is 1. The molecule has 0 saturated carbocycles. The first kappa shape index (κ1) is 26.0. The first-order chi connectivity index (χ1) is 16.5. The number of anilines is 1. The Kier molecular flexibility index (Phi) is 8.00. The predicted molar refractivity (Wildman–Crippen MR) is 126 cm³/mol. The number of hydrogen-bond donors (Lipinski definition) is 2. The zero-order valence-corrected chi connectivity index (χ0v) is 20.5. The summed E-state index contributed by atoms with van der Waals surface area (Å²) in [6.07, 6.45) is -0.401. The molecule has 1 fully saturated rings. The molecule has 2 heterocycles. The van der Waals surface area contributed by atoms with Crippen LogP contribution in [-0.4, -0.2) is 102 Å². The minimum atomic E-state index is -0.642. The minimum absolute atomic E-state index is 0.0228. The zero-order chi connectivity index (χ0) is 25.8. The Hall–Kier alpha value is -3.60. The molecule has 2 aliphatic heterocycles. The average molecular weight is 489 g/mol. The van der Waals surface area contributed by atoms with Crippen LogP contribution in [0.2, 0.25) is 0 Å². The molecular weight excluding hydrogens is 456 g/mol. The third-order valence-corrected chi connectivity index (χ3v) is 5.55. The SMILES string of the molecule is COC(=O)C1=C(Nc2cccc(C(=O)N3CCN(C(=O)OC(C)(C)C)CC3)c2)C(=O)N(CCO)C1. The highest BCUT2D eigenvalue weighted by Crippen LogP contribution is 2.24. The van der Waals surface area contributed by atoms with Gasteiger partial charge in [0.15, 0.2) is 0 Å². The minimum Gasteiger partial charge on any atom is -0.466 e. The van der Waals surface area contributed by atoms with Gasteiger partial charge in [0, 0.05) is 44.0 Å². The maximum Gasteiger partial charge on any atom is 0.410 e. The highest BCUT2D eigenvalue weighted by Gasteiger charge is 2.34. The van der Waals surface area contributed by atoms with Crippen molar-refractivity contribution in [3.63, 3.8) is 0 Å². The summed E-state index contributed by atoms with van der Waals surface area (Å²) < 4.78 is 10.2. The van der Waals surface area contributed by atoms with Gasteiger partial charge in [-0.3, -0.25) is 9.59 Å². The Labute approximate surface area is 204 Å². The van der Waals surface area contributed by atoms with E-state index in [1.165, 1.54) is 12.0 Å². The van der Waals surface area contributed by atoms with E-state index in [2.05, 4.69) is 5.32 Å². The summed E-state index contributed by atoms with van der Waals surface area (Å²) in [6.45, 7) is 6.74. The first-order valence-corrected chi connectivity index (χ1v) is 11.4. The molecule has 11 nitrogen and oxygen atoms in total. The van der Waals surface area contributed by atoms with Gasteiger partial charge in [-0.1, -0.05) is 6.07 Å². The van der Waals surface area contributed by atoms with Crippen LogP contribution >= 0.6 is 0 Å². The van der Waals surface area contributed by atoms with E-state index in [1.807, 2.05) is 0 Å². The molecule has 35 heavy (non-hydrogen) atoms. The van der Waals surface area contributed by atoms with Crippen LogP contribution < -0.4 is 5.32 Å². The second-order valence-corrected chi connectivity index (χ2v) is 9.26. The van der Waals surface area contributed by atoms with Crippen LogP contribution in [0.5, 0.6) is 0 Å². The van der Waals surface area contributed by atoms with Crippen molar-refractivity contribution in [3.8, 4) is 0 Å². The van der Waals surface area contributed by atoms with Crippen molar-refractivity contribution in [3.05, 3.63) is 41.1 Å². The molecule has 3 amide bonds. The molecule has 3 rings (SSSR count). The van der Waals surface area contributed by atoms with Crippen LogP contribution in [0.15, 0.2) is 35.5 Å². The number of aliphatic hydroxyl groups excluding tert-OH is 1. The zero-order valence-electron chi connectivity index (χ0n) is 20.5. The standard InChI is InChI=1S/C24H32N4O7/c1-24(2,3)35-23(33)27-10-8-26(9-11-27)20(30)16-6-5-7-17(14-16)25-19-18(22(32)34-4)15-28(12-13-29)21(19)31/h5-7,14,25,29H,8-13,15H2,1-4H3. The van der Waals surface area contributed by atoms with E-state index in [-0.39, 0.29) is 36.9 Å². The molecule has 0 aliphatic carbocycles. The van der Waals surface area contributed by atoms with Gasteiger partial charge in [-0.25, -0.2) is 9.59 Å². The fourth-order valence-electron chi connectivity index (χ4n) is 3.82. The number of aliphatic hydroxyl groups is 1. The number of carbonyl (C=O) groups is 4. The molecule has 0 radical (unpaired) electrons. The van der Waals surface area contributed by atoms with Gasteiger partial charge in [0.1, 0.15) is 11.3 Å². The summed E-state index contributed by atoms with van der Waals surface area (Å²) in [5, 5.41) is 12.2. The molecule has 1 aromatic rings. The second kappa shape index (κ2) is 10.8. The van der Waals surface area contributed by atoms with E-state index in [9.17, 15) is 24.3 Å². The van der Waals surface area contributed by atoms with Gasteiger partial charge >= 0.3 is 12.1 Å². The Morgan fingerprint density at radius 1 is 1.09 bits per heavy atom. The Balaban J connectivity index is 1.69. The predicted octanol–water partition coefficient (Wildman–Crippen LogP) is 1.05. The topological polar surface area (TPSA) is 129 Å². The van der Waals surface area contributed by atoms with Crippen LogP contribution in [0, 0.1) is 0 Å². The van der Waals surface area contributed by atoms with E-state index in [0.29, 0.717) is 37.4 Å². The molecular formula is C24H32N4O7. The highest BCUT2D eigenvalue weighted by atomic mass is 16.6. The van der Waals surface area contributed by atoms with Gasteiger partial charge in [0.2, 0.25) is 0 Å². The van der Waals surface area contributed by atoms with E-state index in [0.717, 1.165) is 0 Å². The lowest BCUT2D eigenvalue weighted by molar-refractivity contribution is -0.136. The van der Waals surface area contributed by atoms with Crippen LogP contribution in [0.4, 0.5) is 10.5 Å². The van der Waals surface area contributed by atoms with Gasteiger partial charge < -0.3 is 34.6 Å². The third-order valence-electron chi connectivity index (χ3n) is 5.55. The maximum atomic E-state index is 13.1. The van der Waals surface area contributed by atoms with Crippen molar-refractivity contribution < 1.29 is 33.8 Å². The van der Waals surface area contributed by atoms with Gasteiger partial charge in [-0.15, -0.1) is 0 Å². The number of nitrogens with one attached hydrogen (secondary N) is 1. The third kappa shape index (κ3) is 6.30. The van der Waals surface area contributed by atoms with Crippen LogP contribution in [0.25, 0.3) is 0 Å². The Bertz CT molecular complexity index is 1020. The van der Waals surface area contributed by atoms with E-state index < -0.39 is 23.6 Å². The summed E-state index contributed by atoms with van der Waals surface area (Å²) >= 11 is 0. The molecule has 2 N–H and O–H groups in total. The molecule has 0 spiro atoms. The lowest BCUT2D eigenvalue weighted by Gasteiger charge is -2.35. The number of rotatable bonds is 6. The van der Waals surface area contributed by atoms with Crippen LogP contribution in [-0.2, 0) is 19.1 Å². The number of piperazine rings is 1. The van der Waals surface area contributed by atoms with Gasteiger partial charge in [-0.2, -0.15) is 0 Å². The number of esters is 1. The van der Waals surface area contributed by atoms with Crippen molar-refractivity contribution in [2.24, 2.45) is 0 Å². The Morgan fingerprint density at radius 3 is 2.34 bits per heavy atom. The van der Waals surface area contributed by atoms with E-state index in [4.69, 9.17) is 9.47 Å². The van der Waals surface area contributed by atoms with Crippen molar-refractivity contribution in [1.82, 2.24) is 14.7 Å². The number of ether oxygens (including phenoxy) is 2. The average Bonchev–Trinajstić information content (AvgIpc) is 3.12. The van der Waals surface area contributed by atoms with Gasteiger partial charge in [-0.05, 0) is 39.0 Å². The van der Waals surface area contributed by atoms with E-state index >= 15 is 0 Å². The van der Waals surface area contributed by atoms with E-state index in [1.54, 1.807) is 54.8 Å². The van der Waals surface area contributed by atoms with Gasteiger partial charge in [0.25, 0.3) is 11.8 Å². The molecule has 1 aromatic carbocycles. The summed E-state index contributed by atoms with van der Waals surface area (Å²) in [6, 6.07) is 6.63. The monoisotopic (exact) mass is 488 g/mol. The first-order valence-electron chi connectivity index (χ1n) is 11.4. The molecule has 0 bridgehead atoms. The summed E-state index contributed by atoms with van der Waals surface area (Å²) in [7, 11) is 1.23. The number of carbonyl (C=O) groups excluding carboxylic acids is 4. The van der Waals surface area contributed by atoms with Crippen molar-refractivity contribution in [1.29, 1.82) is 0 Å². The number of methoxy groups -OCH3 is 1. The van der Waals surface area contributed by atoms with Crippen LogP contribution in [0.3, 0.4) is 0 Å². The molecule has 0 atom stereocenters. The molecule has 0 unspecified atom stereocenters. The summed E-state index contributed by atoms with van der Waals surface area (Å²) in [5.74, 6) is -1.29. The summed E-state index contributed by atoms with van der Waals surface area (Å²) in [5.41, 5.74) is 0.482. The fourth-order valence-corrected chi connectivity index (χ4v) is 3.82. The molecule has 1 saturated heterocycles. The fraction of sp³-hybridized carbons (Fsp3) is 0.500. The number of β-amino-alcohol motifs (C(OH)–C–C–N with tert-alkyl or cyclic N) is 1. The van der Waals surface area contributed by atoms with Crippen molar-refractivity contribution >= 4 is 29.6 Å². The lowest BCUT2D eigenvalue weighted by atomic mass is 10.1. The van der Waals surface area contributed by atoms with Gasteiger partial charge in [0.05, 0.1) is 25.8 Å². The van der Waals surface area contributed by atoms with Crippen molar-refractivity contribution in [2.45, 2.75) is 26.4 Å². The number of hydrogen-bond acceptors (Lipinski definition) is 8. The smallest absolute Gasteiger partial charge is 0.410 e. The lowest BCUT2D eigenvalue weighted by Crippen LogP contribution is -2.51. The quantitative estimate of drug-likeness (QED) is 0.569. The molecule has 2 aliphatic rings. The van der Waals surface area contributed by atoms with Crippen molar-refractivity contribution in [2.75, 3.05) is 58.3 Å². The molecule has 190 valence electrons. The molecule has 11 heteroatoms. The van der Waals surface area contributed by atoms with Crippen LogP contribution in [0.1, 0.15) is 31.1 Å². The second-order valence-electron chi connectivity index (χ2n) is 9.26. The summed E-state index contributed by atoms with van der Waals surface area (Å²) in [4.78, 5) is 54.9. The number of nitrogens with zero attached hydrogens (tertiary/aromatic N) is 3. The molecule has 0 aromatic heterocycles.